The number of thioether (sulfide) groups is 1. The minimum absolute atomic E-state index is 0.0383. The summed E-state index contributed by atoms with van der Waals surface area (Å²) in [4.78, 5) is 15.8. The summed E-state index contributed by atoms with van der Waals surface area (Å²) < 4.78 is 0.699. The Labute approximate surface area is 146 Å². The number of benzene rings is 1. The number of rotatable bonds is 7. The van der Waals surface area contributed by atoms with Crippen LogP contribution in [0.15, 0.2) is 54.9 Å². The van der Waals surface area contributed by atoms with Crippen LogP contribution >= 0.6 is 24.0 Å². The lowest BCUT2D eigenvalue weighted by molar-refractivity contribution is -0.120. The van der Waals surface area contributed by atoms with Gasteiger partial charge in [-0.1, -0.05) is 60.4 Å². The number of hydrogen-bond donors (Lipinski definition) is 2. The molecule has 1 heterocycles. The molecule has 6 heteroatoms. The number of aromatic nitrogens is 1. The highest BCUT2D eigenvalue weighted by Crippen LogP contribution is 2.06. The molecule has 0 unspecified atom stereocenters. The van der Waals surface area contributed by atoms with Gasteiger partial charge in [-0.2, -0.15) is 0 Å². The lowest BCUT2D eigenvalue weighted by Gasteiger charge is -2.08. The van der Waals surface area contributed by atoms with E-state index < -0.39 is 0 Å². The van der Waals surface area contributed by atoms with Gasteiger partial charge in [0.15, 0.2) is 0 Å². The summed E-state index contributed by atoms with van der Waals surface area (Å²) in [5.74, 6) is 0.705. The van der Waals surface area contributed by atoms with Crippen molar-refractivity contribution in [3.63, 3.8) is 0 Å². The van der Waals surface area contributed by atoms with E-state index in [0.717, 1.165) is 11.1 Å². The number of nitrogens with one attached hydrogen (secondary N) is 2. The Morgan fingerprint density at radius 1 is 1.04 bits per heavy atom. The van der Waals surface area contributed by atoms with Gasteiger partial charge in [-0.05, 0) is 17.2 Å². The fourth-order valence-electron chi connectivity index (χ4n) is 1.85. The van der Waals surface area contributed by atoms with Crippen molar-refractivity contribution in [2.75, 3.05) is 5.75 Å². The summed E-state index contributed by atoms with van der Waals surface area (Å²) in [5.41, 5.74) is 2.18. The largest absolute Gasteiger partial charge is 0.367 e. The molecule has 4 nitrogen and oxygen atoms in total. The molecule has 0 saturated heterocycles. The first-order valence-electron chi connectivity index (χ1n) is 7.34. The smallest absolute Gasteiger partial charge is 0.221 e. The minimum atomic E-state index is 0.0383. The van der Waals surface area contributed by atoms with Crippen LogP contribution in [0, 0.1) is 0 Å². The molecule has 0 aliphatic rings. The topological polar surface area (TPSA) is 54.0 Å². The number of carbonyl (C=O) groups excluding carboxylic acids is 1. The SMILES string of the molecule is O=C(CCSC(=S)NCc1cccnc1)NCc1ccccc1. The molecule has 0 bridgehead atoms. The van der Waals surface area contributed by atoms with Crippen molar-refractivity contribution in [1.82, 2.24) is 15.6 Å². The van der Waals surface area contributed by atoms with Crippen LogP contribution in [0.1, 0.15) is 17.5 Å². The lowest BCUT2D eigenvalue weighted by Crippen LogP contribution is -2.24. The molecule has 1 aromatic heterocycles. The fourth-order valence-corrected chi connectivity index (χ4v) is 2.82. The van der Waals surface area contributed by atoms with Crippen molar-refractivity contribution in [2.45, 2.75) is 19.5 Å². The van der Waals surface area contributed by atoms with Gasteiger partial charge in [0.2, 0.25) is 5.91 Å². The molecule has 0 radical (unpaired) electrons. The van der Waals surface area contributed by atoms with Gasteiger partial charge in [-0.25, -0.2) is 0 Å². The summed E-state index contributed by atoms with van der Waals surface area (Å²) in [6, 6.07) is 13.8. The number of nitrogens with zero attached hydrogens (tertiary/aromatic N) is 1. The quantitative estimate of drug-likeness (QED) is 0.756. The van der Waals surface area contributed by atoms with Crippen LogP contribution in [0.25, 0.3) is 0 Å². The monoisotopic (exact) mass is 345 g/mol. The van der Waals surface area contributed by atoms with Crippen molar-refractivity contribution >= 4 is 34.2 Å². The summed E-state index contributed by atoms with van der Waals surface area (Å²) >= 11 is 6.73. The highest BCUT2D eigenvalue weighted by molar-refractivity contribution is 8.22. The zero-order valence-corrected chi connectivity index (χ0v) is 14.3. The van der Waals surface area contributed by atoms with Crippen LogP contribution < -0.4 is 10.6 Å². The summed E-state index contributed by atoms with van der Waals surface area (Å²) in [6.45, 7) is 1.22. The van der Waals surface area contributed by atoms with E-state index in [1.54, 1.807) is 12.4 Å². The molecule has 120 valence electrons. The number of pyridine rings is 1. The molecule has 2 N–H and O–H groups in total. The Morgan fingerprint density at radius 2 is 1.78 bits per heavy atom. The molecule has 0 saturated carbocycles. The molecule has 0 atom stereocenters. The third-order valence-corrected chi connectivity index (χ3v) is 4.37. The van der Waals surface area contributed by atoms with Crippen molar-refractivity contribution in [3.05, 3.63) is 66.0 Å². The molecule has 2 aromatic rings. The van der Waals surface area contributed by atoms with E-state index in [1.807, 2.05) is 42.5 Å². The second-order valence-corrected chi connectivity index (χ2v) is 6.63. The van der Waals surface area contributed by atoms with Crippen molar-refractivity contribution in [2.24, 2.45) is 0 Å². The molecule has 1 amide bonds. The Balaban J connectivity index is 1.57. The zero-order chi connectivity index (χ0) is 16.3. The normalized spacial score (nSPS) is 10.1. The van der Waals surface area contributed by atoms with Gasteiger partial charge in [-0.15, -0.1) is 0 Å². The molecule has 0 fully saturated rings. The van der Waals surface area contributed by atoms with E-state index in [9.17, 15) is 4.79 Å². The van der Waals surface area contributed by atoms with Gasteiger partial charge in [0.1, 0.15) is 4.32 Å². The first-order chi connectivity index (χ1) is 11.2. The van der Waals surface area contributed by atoms with Gasteiger partial charge in [-0.3, -0.25) is 9.78 Å². The van der Waals surface area contributed by atoms with Gasteiger partial charge in [0.25, 0.3) is 0 Å². The summed E-state index contributed by atoms with van der Waals surface area (Å²) in [7, 11) is 0. The average molecular weight is 345 g/mol. The van der Waals surface area contributed by atoms with Gasteiger partial charge in [0.05, 0.1) is 0 Å². The zero-order valence-electron chi connectivity index (χ0n) is 12.7. The Kier molecular flexibility index (Phi) is 7.56. The lowest BCUT2D eigenvalue weighted by atomic mass is 10.2. The molecule has 0 aliphatic heterocycles. The third-order valence-electron chi connectivity index (χ3n) is 3.05. The second-order valence-electron chi connectivity index (χ2n) is 4.86. The first-order valence-corrected chi connectivity index (χ1v) is 8.73. The molecular formula is C17H19N3OS2. The van der Waals surface area contributed by atoms with E-state index in [2.05, 4.69) is 15.6 Å². The van der Waals surface area contributed by atoms with Crippen LogP contribution in [0.2, 0.25) is 0 Å². The average Bonchev–Trinajstić information content (AvgIpc) is 2.60. The number of thiocarbonyl (C=S) groups is 1. The van der Waals surface area contributed by atoms with E-state index in [-0.39, 0.29) is 5.91 Å². The maximum absolute atomic E-state index is 11.8. The highest BCUT2D eigenvalue weighted by atomic mass is 32.2. The maximum Gasteiger partial charge on any atom is 0.221 e. The van der Waals surface area contributed by atoms with Crippen LogP contribution in [-0.4, -0.2) is 21.0 Å². The maximum atomic E-state index is 11.8. The van der Waals surface area contributed by atoms with Crippen molar-refractivity contribution in [3.8, 4) is 0 Å². The van der Waals surface area contributed by atoms with E-state index in [1.165, 1.54) is 11.8 Å². The summed E-state index contributed by atoms with van der Waals surface area (Å²) in [6.07, 6.45) is 3.99. The summed E-state index contributed by atoms with van der Waals surface area (Å²) in [5, 5.41) is 6.06. The van der Waals surface area contributed by atoms with Crippen LogP contribution in [-0.2, 0) is 17.9 Å². The van der Waals surface area contributed by atoms with Crippen LogP contribution in [0.3, 0.4) is 0 Å². The fraction of sp³-hybridized carbons (Fsp3) is 0.235. The Bertz CT molecular complexity index is 565. The molecule has 0 spiro atoms. The van der Waals surface area contributed by atoms with Gasteiger partial charge in [0, 0.05) is 37.7 Å². The van der Waals surface area contributed by atoms with E-state index in [0.29, 0.717) is 29.6 Å². The van der Waals surface area contributed by atoms with Crippen LogP contribution in [0.4, 0.5) is 0 Å². The minimum Gasteiger partial charge on any atom is -0.367 e. The van der Waals surface area contributed by atoms with E-state index in [4.69, 9.17) is 12.2 Å². The second kappa shape index (κ2) is 9.97. The predicted octanol–water partition coefficient (Wildman–Crippen LogP) is 2.90. The molecule has 23 heavy (non-hydrogen) atoms. The van der Waals surface area contributed by atoms with Crippen LogP contribution in [0.5, 0.6) is 0 Å². The van der Waals surface area contributed by atoms with E-state index >= 15 is 0 Å². The number of amides is 1. The standard InChI is InChI=1S/C17H19N3OS2/c21-16(19-12-14-5-2-1-3-6-14)8-10-23-17(22)20-13-15-7-4-9-18-11-15/h1-7,9,11H,8,10,12-13H2,(H,19,21)(H,20,22). The van der Waals surface area contributed by atoms with Gasteiger partial charge < -0.3 is 10.6 Å². The first kappa shape index (κ1) is 17.4. The van der Waals surface area contributed by atoms with Crippen molar-refractivity contribution < 1.29 is 4.79 Å². The molecular weight excluding hydrogens is 326 g/mol. The highest BCUT2D eigenvalue weighted by Gasteiger charge is 2.03. The Hall–Kier alpha value is -1.92. The number of hydrogen-bond acceptors (Lipinski definition) is 4. The van der Waals surface area contributed by atoms with Crippen molar-refractivity contribution in [1.29, 1.82) is 0 Å². The predicted molar refractivity (Wildman–Crippen MR) is 99.0 cm³/mol. The molecule has 2 rings (SSSR count). The third kappa shape index (κ3) is 7.25. The van der Waals surface area contributed by atoms with Gasteiger partial charge >= 0.3 is 0 Å². The molecule has 0 aliphatic carbocycles. The molecule has 1 aromatic carbocycles. The Morgan fingerprint density at radius 3 is 2.52 bits per heavy atom. The number of carbonyl (C=O) groups is 1.